The van der Waals surface area contributed by atoms with E-state index >= 15 is 0 Å². The van der Waals surface area contributed by atoms with Crippen LogP contribution in [0.5, 0.6) is 0 Å². The number of amides is 2. The molecule has 2 heterocycles. The highest BCUT2D eigenvalue weighted by Crippen LogP contribution is 2.28. The fourth-order valence-corrected chi connectivity index (χ4v) is 5.33. The Morgan fingerprint density at radius 3 is 2.34 bits per heavy atom. The van der Waals surface area contributed by atoms with Gasteiger partial charge in [0.2, 0.25) is 5.91 Å². The van der Waals surface area contributed by atoms with E-state index in [1.807, 2.05) is 76.4 Å². The van der Waals surface area contributed by atoms with Crippen LogP contribution in [-0.4, -0.2) is 40.5 Å². The smallest absolute Gasteiger partial charge is 0.326 e. The number of hydrogen-bond donors (Lipinski definition) is 2. The van der Waals surface area contributed by atoms with Crippen molar-refractivity contribution in [2.45, 2.75) is 59.4 Å². The summed E-state index contributed by atoms with van der Waals surface area (Å²) in [7, 11) is 0. The van der Waals surface area contributed by atoms with E-state index in [2.05, 4.69) is 16.4 Å². The number of hydrogen-bond acceptors (Lipinski definition) is 4. The average Bonchev–Trinajstić information content (AvgIpc) is 3.22. The van der Waals surface area contributed by atoms with Crippen molar-refractivity contribution >= 4 is 23.5 Å². The second-order valence-electron chi connectivity index (χ2n) is 10.4. The number of rotatable bonds is 9. The van der Waals surface area contributed by atoms with E-state index in [1.165, 1.54) is 5.56 Å². The second kappa shape index (κ2) is 11.6. The lowest BCUT2D eigenvalue weighted by Gasteiger charge is -2.19. The summed E-state index contributed by atoms with van der Waals surface area (Å²) < 4.78 is 0. The van der Waals surface area contributed by atoms with Crippen molar-refractivity contribution in [1.29, 1.82) is 0 Å². The molecule has 0 radical (unpaired) electrons. The quantitative estimate of drug-likeness (QED) is 0.431. The van der Waals surface area contributed by atoms with Gasteiger partial charge in [-0.15, -0.1) is 0 Å². The molecular formula is C31H35N3O4. The van der Waals surface area contributed by atoms with Gasteiger partial charge < -0.3 is 15.3 Å². The summed E-state index contributed by atoms with van der Waals surface area (Å²) in [5, 5.41) is 12.5. The van der Waals surface area contributed by atoms with Crippen LogP contribution < -0.4 is 10.2 Å². The fraction of sp³-hybridized carbons (Fsp3) is 0.355. The van der Waals surface area contributed by atoms with Crippen LogP contribution in [0.2, 0.25) is 0 Å². The Hall–Kier alpha value is -4.00. The lowest BCUT2D eigenvalue weighted by Crippen LogP contribution is -2.42. The number of carboxylic acid groups (broad SMARTS) is 1. The van der Waals surface area contributed by atoms with Gasteiger partial charge in [-0.1, -0.05) is 29.8 Å². The van der Waals surface area contributed by atoms with Crippen molar-refractivity contribution in [3.05, 3.63) is 93.8 Å². The van der Waals surface area contributed by atoms with Gasteiger partial charge >= 0.3 is 5.97 Å². The van der Waals surface area contributed by atoms with E-state index in [1.54, 1.807) is 4.90 Å². The zero-order valence-corrected chi connectivity index (χ0v) is 22.5. The van der Waals surface area contributed by atoms with Crippen LogP contribution in [-0.2, 0) is 22.4 Å². The molecular weight excluding hydrogens is 478 g/mol. The molecule has 0 aliphatic carbocycles. The number of aliphatic carboxylic acids is 1. The Morgan fingerprint density at radius 2 is 1.71 bits per heavy atom. The largest absolute Gasteiger partial charge is 0.480 e. The average molecular weight is 514 g/mol. The molecule has 1 saturated heterocycles. The number of nitrogens with one attached hydrogen (secondary N) is 1. The van der Waals surface area contributed by atoms with Gasteiger partial charge in [-0.05, 0) is 93.0 Å². The van der Waals surface area contributed by atoms with E-state index in [9.17, 15) is 19.5 Å². The maximum Gasteiger partial charge on any atom is 0.326 e. The molecule has 2 N–H and O–H groups in total. The lowest BCUT2D eigenvalue weighted by atomic mass is 9.98. The molecule has 1 unspecified atom stereocenters. The molecule has 4 rings (SSSR count). The maximum absolute atomic E-state index is 12.9. The third-order valence-corrected chi connectivity index (χ3v) is 7.18. The number of aryl methyl sites for hydroxylation is 5. The lowest BCUT2D eigenvalue weighted by molar-refractivity contribution is -0.139. The van der Waals surface area contributed by atoms with Gasteiger partial charge in [0.1, 0.15) is 6.04 Å². The van der Waals surface area contributed by atoms with Crippen LogP contribution in [0.1, 0.15) is 56.7 Å². The molecule has 2 amide bonds. The predicted molar refractivity (Wildman–Crippen MR) is 147 cm³/mol. The van der Waals surface area contributed by atoms with Gasteiger partial charge in [0, 0.05) is 42.5 Å². The molecule has 1 aromatic heterocycles. The van der Waals surface area contributed by atoms with Crippen LogP contribution in [0, 0.1) is 33.6 Å². The Balaban J connectivity index is 1.37. The number of aromatic nitrogens is 1. The summed E-state index contributed by atoms with van der Waals surface area (Å²) in [6.07, 6.45) is 4.22. The maximum atomic E-state index is 12.9. The topological polar surface area (TPSA) is 99.6 Å². The number of anilines is 1. The molecule has 2 atom stereocenters. The molecule has 198 valence electrons. The Bertz CT molecular complexity index is 1330. The third kappa shape index (κ3) is 6.46. The minimum absolute atomic E-state index is 0.0967. The van der Waals surface area contributed by atoms with Crippen molar-refractivity contribution in [3.63, 3.8) is 0 Å². The number of pyridine rings is 1. The van der Waals surface area contributed by atoms with Gasteiger partial charge in [0.25, 0.3) is 5.91 Å². The summed E-state index contributed by atoms with van der Waals surface area (Å²) in [6.45, 7) is 8.38. The predicted octanol–water partition coefficient (Wildman–Crippen LogP) is 4.73. The van der Waals surface area contributed by atoms with E-state index < -0.39 is 17.9 Å². The number of nitrogens with zero attached hydrogens (tertiary/aromatic N) is 2. The van der Waals surface area contributed by atoms with Gasteiger partial charge in [0.15, 0.2) is 0 Å². The summed E-state index contributed by atoms with van der Waals surface area (Å²) in [5.41, 5.74) is 7.01. The first kappa shape index (κ1) is 27.0. The van der Waals surface area contributed by atoms with Crippen molar-refractivity contribution in [2.24, 2.45) is 5.92 Å². The van der Waals surface area contributed by atoms with E-state index in [-0.39, 0.29) is 18.2 Å². The standard InChI is InChI=1S/C31H35N3O4/c1-19-11-12-32-25(15-19)8-5-24-17-28(35)34(18-24)26-9-6-23(7-10-26)16-27(31(37)38)33-30(36)29-21(3)13-20(2)14-22(29)4/h6-7,9-15,24,27H,5,8,16-18H2,1-4H3,(H,33,36)(H,37,38)/t24?,27-/m1/s1. The highest BCUT2D eigenvalue weighted by molar-refractivity contribution is 5.99. The van der Waals surface area contributed by atoms with Gasteiger partial charge in [-0.2, -0.15) is 0 Å². The fourth-order valence-electron chi connectivity index (χ4n) is 5.33. The number of benzene rings is 2. The number of carbonyl (C=O) groups is 3. The molecule has 0 spiro atoms. The molecule has 7 heteroatoms. The molecule has 2 aromatic carbocycles. The summed E-state index contributed by atoms with van der Waals surface area (Å²) in [5.74, 6) is -1.12. The van der Waals surface area contributed by atoms with E-state index in [0.29, 0.717) is 18.5 Å². The monoisotopic (exact) mass is 513 g/mol. The minimum Gasteiger partial charge on any atom is -0.480 e. The first-order chi connectivity index (χ1) is 18.1. The Labute approximate surface area is 223 Å². The SMILES string of the molecule is Cc1ccnc(CCC2CC(=O)N(c3ccc(C[C@@H](NC(=O)c4c(C)cc(C)cc4C)C(=O)O)cc3)C2)c1. The van der Waals surface area contributed by atoms with Crippen molar-refractivity contribution < 1.29 is 19.5 Å². The molecule has 1 aliphatic heterocycles. The van der Waals surface area contributed by atoms with Crippen LogP contribution in [0.25, 0.3) is 0 Å². The van der Waals surface area contributed by atoms with Crippen molar-refractivity contribution in [1.82, 2.24) is 10.3 Å². The van der Waals surface area contributed by atoms with Gasteiger partial charge in [0.05, 0.1) is 0 Å². The van der Waals surface area contributed by atoms with E-state index in [0.717, 1.165) is 46.5 Å². The van der Waals surface area contributed by atoms with Crippen molar-refractivity contribution in [2.75, 3.05) is 11.4 Å². The molecule has 1 aliphatic rings. The molecule has 7 nitrogen and oxygen atoms in total. The third-order valence-electron chi connectivity index (χ3n) is 7.18. The summed E-state index contributed by atoms with van der Waals surface area (Å²) >= 11 is 0. The highest BCUT2D eigenvalue weighted by atomic mass is 16.4. The zero-order valence-electron chi connectivity index (χ0n) is 22.5. The van der Waals surface area contributed by atoms with E-state index in [4.69, 9.17) is 0 Å². The highest BCUT2D eigenvalue weighted by Gasteiger charge is 2.30. The zero-order chi connectivity index (χ0) is 27.4. The molecule has 0 bridgehead atoms. The van der Waals surface area contributed by atoms with Gasteiger partial charge in [-0.3, -0.25) is 14.6 Å². The molecule has 38 heavy (non-hydrogen) atoms. The van der Waals surface area contributed by atoms with Crippen LogP contribution in [0.3, 0.4) is 0 Å². The minimum atomic E-state index is -1.09. The van der Waals surface area contributed by atoms with Gasteiger partial charge in [-0.25, -0.2) is 4.79 Å². The van der Waals surface area contributed by atoms with Crippen LogP contribution >= 0.6 is 0 Å². The first-order valence-electron chi connectivity index (χ1n) is 13.0. The molecule has 1 fully saturated rings. The molecule has 3 aromatic rings. The van der Waals surface area contributed by atoms with Crippen molar-refractivity contribution in [3.8, 4) is 0 Å². The summed E-state index contributed by atoms with van der Waals surface area (Å²) in [6, 6.07) is 14.2. The Morgan fingerprint density at radius 1 is 1.03 bits per heavy atom. The second-order valence-corrected chi connectivity index (χ2v) is 10.4. The number of carbonyl (C=O) groups excluding carboxylic acids is 2. The normalized spacial score (nSPS) is 15.9. The Kier molecular flexibility index (Phi) is 8.25. The van der Waals surface area contributed by atoms with Crippen LogP contribution in [0.15, 0.2) is 54.7 Å². The first-order valence-corrected chi connectivity index (χ1v) is 13.0. The van der Waals surface area contributed by atoms with Crippen LogP contribution in [0.4, 0.5) is 5.69 Å². The summed E-state index contributed by atoms with van der Waals surface area (Å²) in [4.78, 5) is 43.8. The number of carboxylic acids is 1. The molecule has 0 saturated carbocycles.